The fraction of sp³-hybridized carbons (Fsp3) is 0.300. The van der Waals surface area contributed by atoms with Crippen LogP contribution in [0.2, 0.25) is 0 Å². The van der Waals surface area contributed by atoms with Crippen LogP contribution in [0, 0.1) is 0 Å². The number of ether oxygens (including phenoxy) is 2. The molecule has 1 rings (SSSR count). The van der Waals surface area contributed by atoms with Crippen LogP contribution in [0.1, 0.15) is 5.56 Å². The number of carboxylic acid groups (broad SMARTS) is 1. The van der Waals surface area contributed by atoms with Crippen molar-refractivity contribution in [2.45, 2.75) is 13.0 Å². The van der Waals surface area contributed by atoms with E-state index in [-0.39, 0.29) is 18.1 Å². The molecule has 6 heteroatoms. The molecule has 0 aliphatic heterocycles. The highest BCUT2D eigenvalue weighted by molar-refractivity contribution is 5.71. The molecule has 0 aliphatic rings. The van der Waals surface area contributed by atoms with Crippen LogP contribution in [-0.4, -0.2) is 29.6 Å². The van der Waals surface area contributed by atoms with Crippen LogP contribution in [0.15, 0.2) is 18.2 Å². The second kappa shape index (κ2) is 5.32. The second-order valence-corrected chi connectivity index (χ2v) is 2.92. The molecule has 0 saturated heterocycles. The Morgan fingerprint density at radius 2 is 2.19 bits per heavy atom. The van der Waals surface area contributed by atoms with Gasteiger partial charge in [-0.1, -0.05) is 6.07 Å². The summed E-state index contributed by atoms with van der Waals surface area (Å²) < 4.78 is 22.2. The first-order valence-electron chi connectivity index (χ1n) is 4.39. The van der Waals surface area contributed by atoms with Crippen molar-refractivity contribution in [1.82, 2.24) is 0 Å². The van der Waals surface area contributed by atoms with Gasteiger partial charge in [0, 0.05) is 0 Å². The smallest absolute Gasteiger partial charge is 0.378 e. The molecule has 1 aromatic rings. The van der Waals surface area contributed by atoms with Crippen molar-refractivity contribution < 1.29 is 28.9 Å². The minimum atomic E-state index is -2.45. The number of hydrogen-bond donors (Lipinski definition) is 2. The Morgan fingerprint density at radius 1 is 1.50 bits per heavy atom. The third-order valence-electron chi connectivity index (χ3n) is 1.84. The van der Waals surface area contributed by atoms with E-state index in [1.54, 1.807) is 0 Å². The van der Waals surface area contributed by atoms with Crippen LogP contribution in [0.5, 0.6) is 11.5 Å². The molecule has 0 aromatic heterocycles. The van der Waals surface area contributed by atoms with Crippen molar-refractivity contribution >= 4 is 5.97 Å². The summed E-state index contributed by atoms with van der Waals surface area (Å²) in [6, 6.07) is 4.25. The highest BCUT2D eigenvalue weighted by atomic mass is 19.1. The normalized spacial score (nSPS) is 11.9. The van der Waals surface area contributed by atoms with Crippen LogP contribution in [-0.2, 0) is 11.4 Å². The van der Waals surface area contributed by atoms with Gasteiger partial charge in [-0.25, -0.2) is 4.79 Å². The number of alkyl halides is 1. The highest BCUT2D eigenvalue weighted by Gasteiger charge is 2.19. The predicted molar refractivity (Wildman–Crippen MR) is 52.1 cm³/mol. The lowest BCUT2D eigenvalue weighted by Gasteiger charge is -2.12. The SMILES string of the molecule is COc1cc(CO)ccc1OC(F)C(=O)O. The van der Waals surface area contributed by atoms with Gasteiger partial charge in [0.25, 0.3) is 0 Å². The zero-order chi connectivity index (χ0) is 12.1. The minimum absolute atomic E-state index is 0.0328. The van der Waals surface area contributed by atoms with Crippen LogP contribution >= 0.6 is 0 Å². The molecule has 1 aromatic carbocycles. The Hall–Kier alpha value is -1.82. The van der Waals surface area contributed by atoms with E-state index >= 15 is 0 Å². The number of halogens is 1. The molecule has 2 N–H and O–H groups in total. The van der Waals surface area contributed by atoms with Gasteiger partial charge in [-0.15, -0.1) is 0 Å². The summed E-state index contributed by atoms with van der Waals surface area (Å²) in [5.41, 5.74) is 0.551. The minimum Gasteiger partial charge on any atom is -0.493 e. The van der Waals surface area contributed by atoms with E-state index in [4.69, 9.17) is 14.9 Å². The molecule has 0 bridgehead atoms. The van der Waals surface area contributed by atoms with Crippen LogP contribution in [0.25, 0.3) is 0 Å². The third kappa shape index (κ3) is 2.83. The fourth-order valence-electron chi connectivity index (χ4n) is 1.07. The van der Waals surface area contributed by atoms with E-state index in [2.05, 4.69) is 4.74 Å². The first-order chi connectivity index (χ1) is 7.58. The number of carboxylic acids is 1. The van der Waals surface area contributed by atoms with Crippen LogP contribution in [0.3, 0.4) is 0 Å². The molecule has 1 atom stereocenters. The van der Waals surface area contributed by atoms with Gasteiger partial charge in [0.2, 0.25) is 0 Å². The average molecular weight is 230 g/mol. The van der Waals surface area contributed by atoms with Gasteiger partial charge in [-0.2, -0.15) is 4.39 Å². The standard InChI is InChI=1S/C10H11FO5/c1-15-8-4-6(5-12)2-3-7(8)16-9(11)10(13)14/h2-4,9,12H,5H2,1H3,(H,13,14). The van der Waals surface area contributed by atoms with Crippen molar-refractivity contribution in [3.63, 3.8) is 0 Å². The van der Waals surface area contributed by atoms with E-state index in [0.717, 1.165) is 0 Å². The number of hydrogen-bond acceptors (Lipinski definition) is 4. The molecule has 16 heavy (non-hydrogen) atoms. The first-order valence-corrected chi connectivity index (χ1v) is 4.39. The fourth-order valence-corrected chi connectivity index (χ4v) is 1.07. The summed E-state index contributed by atoms with van der Waals surface area (Å²) in [4.78, 5) is 10.2. The van der Waals surface area contributed by atoms with Crippen molar-refractivity contribution in [3.05, 3.63) is 23.8 Å². The van der Waals surface area contributed by atoms with Gasteiger partial charge in [0.1, 0.15) is 0 Å². The lowest BCUT2D eigenvalue weighted by molar-refractivity contribution is -0.153. The summed E-state index contributed by atoms with van der Waals surface area (Å²) >= 11 is 0. The molecule has 0 radical (unpaired) electrons. The zero-order valence-corrected chi connectivity index (χ0v) is 8.51. The third-order valence-corrected chi connectivity index (χ3v) is 1.84. The van der Waals surface area contributed by atoms with Gasteiger partial charge < -0.3 is 19.7 Å². The van der Waals surface area contributed by atoms with Crippen molar-refractivity contribution in [2.24, 2.45) is 0 Å². The monoisotopic (exact) mass is 230 g/mol. The number of aliphatic carboxylic acids is 1. The number of benzene rings is 1. The summed E-state index contributed by atoms with van der Waals surface area (Å²) in [7, 11) is 1.33. The summed E-state index contributed by atoms with van der Waals surface area (Å²) in [5, 5.41) is 17.2. The maximum absolute atomic E-state index is 12.8. The highest BCUT2D eigenvalue weighted by Crippen LogP contribution is 2.29. The van der Waals surface area contributed by atoms with E-state index in [9.17, 15) is 9.18 Å². The van der Waals surface area contributed by atoms with Crippen LogP contribution in [0.4, 0.5) is 4.39 Å². The maximum atomic E-state index is 12.8. The van der Waals surface area contributed by atoms with Gasteiger partial charge >= 0.3 is 12.3 Å². The van der Waals surface area contributed by atoms with Crippen LogP contribution < -0.4 is 9.47 Å². The Bertz CT molecular complexity index is 379. The molecule has 0 amide bonds. The van der Waals surface area contributed by atoms with Gasteiger partial charge in [0.15, 0.2) is 11.5 Å². The molecule has 0 saturated carbocycles. The van der Waals surface area contributed by atoms with Crippen molar-refractivity contribution in [3.8, 4) is 11.5 Å². The number of rotatable bonds is 5. The van der Waals surface area contributed by atoms with Gasteiger partial charge in [-0.05, 0) is 17.7 Å². The topological polar surface area (TPSA) is 76.0 Å². The summed E-state index contributed by atoms with van der Waals surface area (Å²) in [6.07, 6.45) is -2.45. The largest absolute Gasteiger partial charge is 0.493 e. The molecular weight excluding hydrogens is 219 g/mol. The quantitative estimate of drug-likeness (QED) is 0.787. The molecular formula is C10H11FO5. The number of aliphatic hydroxyl groups is 1. The molecule has 0 spiro atoms. The van der Waals surface area contributed by atoms with Crippen molar-refractivity contribution in [1.29, 1.82) is 0 Å². The van der Waals surface area contributed by atoms with Gasteiger partial charge in [-0.3, -0.25) is 0 Å². The van der Waals surface area contributed by atoms with E-state index in [1.807, 2.05) is 0 Å². The number of carbonyl (C=O) groups is 1. The maximum Gasteiger partial charge on any atom is 0.378 e. The van der Waals surface area contributed by atoms with Gasteiger partial charge in [0.05, 0.1) is 13.7 Å². The average Bonchev–Trinajstić information content (AvgIpc) is 2.29. The van der Waals surface area contributed by atoms with E-state index < -0.39 is 12.3 Å². The molecule has 0 aliphatic carbocycles. The summed E-state index contributed by atoms with van der Waals surface area (Å²) in [6.45, 7) is -0.200. The molecule has 5 nitrogen and oxygen atoms in total. The Kier molecular flexibility index (Phi) is 4.07. The first kappa shape index (κ1) is 12.3. The molecule has 1 unspecified atom stereocenters. The Morgan fingerprint density at radius 3 is 2.69 bits per heavy atom. The lowest BCUT2D eigenvalue weighted by Crippen LogP contribution is -2.21. The number of aliphatic hydroxyl groups excluding tert-OH is 1. The Balaban J connectivity index is 2.91. The summed E-state index contributed by atoms with van der Waals surface area (Å²) in [5.74, 6) is -1.58. The lowest BCUT2D eigenvalue weighted by atomic mass is 10.2. The Labute approximate surface area is 91.0 Å². The predicted octanol–water partition coefficient (Wildman–Crippen LogP) is 0.946. The molecule has 0 fully saturated rings. The van der Waals surface area contributed by atoms with Crippen molar-refractivity contribution in [2.75, 3.05) is 7.11 Å². The molecule has 0 heterocycles. The van der Waals surface area contributed by atoms with E-state index in [1.165, 1.54) is 25.3 Å². The molecule has 88 valence electrons. The zero-order valence-electron chi connectivity index (χ0n) is 8.51. The van der Waals surface area contributed by atoms with E-state index in [0.29, 0.717) is 5.56 Å². The second-order valence-electron chi connectivity index (χ2n) is 2.92. The number of methoxy groups -OCH3 is 1.